The van der Waals surface area contributed by atoms with Crippen LogP contribution in [0.1, 0.15) is 48.1 Å². The largest absolute Gasteiger partial charge is 0.371 e. The SMILES string of the molecule is CNC(=O)CN1CCOC(c2ccc3[nH]c(-c4cn5ncnc5c(C)c4C)c(C(C)C)c3c2)C1. The second kappa shape index (κ2) is 8.85. The molecule has 1 aliphatic heterocycles. The molecule has 1 saturated heterocycles. The van der Waals surface area contributed by atoms with Crippen molar-refractivity contribution in [3.05, 3.63) is 53.0 Å². The van der Waals surface area contributed by atoms with E-state index in [1.165, 1.54) is 16.5 Å². The lowest BCUT2D eigenvalue weighted by atomic mass is 9.93. The van der Waals surface area contributed by atoms with Crippen molar-refractivity contribution in [1.82, 2.24) is 29.8 Å². The summed E-state index contributed by atoms with van der Waals surface area (Å²) in [6.45, 7) is 11.2. The van der Waals surface area contributed by atoms with Crippen LogP contribution in [0.5, 0.6) is 0 Å². The Bertz CT molecular complexity index is 1370. The number of aromatic nitrogens is 4. The summed E-state index contributed by atoms with van der Waals surface area (Å²) in [6, 6.07) is 6.55. The number of ether oxygens (including phenoxy) is 1. The number of hydrogen-bond acceptors (Lipinski definition) is 5. The summed E-state index contributed by atoms with van der Waals surface area (Å²) in [5, 5.41) is 8.31. The van der Waals surface area contributed by atoms with Crippen LogP contribution in [0.4, 0.5) is 0 Å². The van der Waals surface area contributed by atoms with E-state index >= 15 is 0 Å². The van der Waals surface area contributed by atoms with Gasteiger partial charge in [0.15, 0.2) is 5.65 Å². The van der Waals surface area contributed by atoms with Gasteiger partial charge in [0.25, 0.3) is 0 Å². The fourth-order valence-corrected chi connectivity index (χ4v) is 5.03. The van der Waals surface area contributed by atoms with Gasteiger partial charge in [0.05, 0.1) is 24.9 Å². The number of aromatic amines is 1. The van der Waals surface area contributed by atoms with E-state index in [0.717, 1.165) is 40.1 Å². The Kier molecular flexibility index (Phi) is 5.87. The molecule has 1 fully saturated rings. The first-order valence-corrected chi connectivity index (χ1v) is 11.9. The van der Waals surface area contributed by atoms with Crippen molar-refractivity contribution in [2.75, 3.05) is 33.3 Å². The summed E-state index contributed by atoms with van der Waals surface area (Å²) >= 11 is 0. The smallest absolute Gasteiger partial charge is 0.233 e. The van der Waals surface area contributed by atoms with E-state index < -0.39 is 0 Å². The molecular formula is C26H32N6O2. The van der Waals surface area contributed by atoms with E-state index in [2.05, 4.69) is 77.4 Å². The molecule has 1 unspecified atom stereocenters. The quantitative estimate of drug-likeness (QED) is 0.474. The second-order valence-electron chi connectivity index (χ2n) is 9.46. The van der Waals surface area contributed by atoms with E-state index in [1.807, 2.05) is 4.52 Å². The lowest BCUT2D eigenvalue weighted by Crippen LogP contribution is -2.43. The highest BCUT2D eigenvalue weighted by Gasteiger charge is 2.25. The predicted molar refractivity (Wildman–Crippen MR) is 133 cm³/mol. The maximum Gasteiger partial charge on any atom is 0.233 e. The molecule has 0 radical (unpaired) electrons. The highest BCUT2D eigenvalue weighted by atomic mass is 16.5. The van der Waals surface area contributed by atoms with Crippen LogP contribution in [0.15, 0.2) is 30.7 Å². The molecule has 8 heteroatoms. The monoisotopic (exact) mass is 460 g/mol. The first kappa shape index (κ1) is 22.6. The normalized spacial score (nSPS) is 17.2. The summed E-state index contributed by atoms with van der Waals surface area (Å²) in [5.41, 5.74) is 9.04. The minimum absolute atomic E-state index is 0.0310. The lowest BCUT2D eigenvalue weighted by molar-refractivity contribution is -0.123. The Hall–Kier alpha value is -3.23. The van der Waals surface area contributed by atoms with Crippen LogP contribution in [-0.2, 0) is 9.53 Å². The number of likely N-dealkylation sites (N-methyl/N-ethyl adjacent to an activating group) is 1. The van der Waals surface area contributed by atoms with Crippen LogP contribution in [-0.4, -0.2) is 63.7 Å². The number of nitrogens with zero attached hydrogens (tertiary/aromatic N) is 4. The number of nitrogens with one attached hydrogen (secondary N) is 2. The van der Waals surface area contributed by atoms with Gasteiger partial charge in [-0.15, -0.1) is 0 Å². The van der Waals surface area contributed by atoms with Crippen molar-refractivity contribution in [1.29, 1.82) is 0 Å². The molecule has 4 aromatic rings. The van der Waals surface area contributed by atoms with E-state index in [9.17, 15) is 4.79 Å². The zero-order valence-corrected chi connectivity index (χ0v) is 20.5. The van der Waals surface area contributed by atoms with Crippen molar-refractivity contribution in [2.45, 2.75) is 39.7 Å². The maximum absolute atomic E-state index is 11.9. The molecule has 0 aliphatic carbocycles. The number of rotatable bonds is 5. The highest BCUT2D eigenvalue weighted by molar-refractivity contribution is 5.92. The minimum Gasteiger partial charge on any atom is -0.371 e. The number of morpholine rings is 1. The first-order valence-electron chi connectivity index (χ1n) is 11.9. The number of aryl methyl sites for hydroxylation is 1. The molecule has 3 aromatic heterocycles. The van der Waals surface area contributed by atoms with Crippen LogP contribution in [0.25, 0.3) is 27.8 Å². The number of fused-ring (bicyclic) bond motifs is 2. The predicted octanol–water partition coefficient (Wildman–Crippen LogP) is 3.74. The molecule has 8 nitrogen and oxygen atoms in total. The van der Waals surface area contributed by atoms with Gasteiger partial charge in [0, 0.05) is 42.8 Å². The average molecular weight is 461 g/mol. The molecular weight excluding hydrogens is 428 g/mol. The molecule has 2 N–H and O–H groups in total. The summed E-state index contributed by atoms with van der Waals surface area (Å²) in [7, 11) is 1.68. The minimum atomic E-state index is -0.0587. The van der Waals surface area contributed by atoms with E-state index in [1.54, 1.807) is 13.4 Å². The van der Waals surface area contributed by atoms with Gasteiger partial charge in [-0.25, -0.2) is 9.50 Å². The van der Waals surface area contributed by atoms with Gasteiger partial charge in [-0.2, -0.15) is 5.10 Å². The summed E-state index contributed by atoms with van der Waals surface area (Å²) in [6.07, 6.45) is 3.62. The maximum atomic E-state index is 11.9. The highest BCUT2D eigenvalue weighted by Crippen LogP contribution is 2.39. The molecule has 4 heterocycles. The van der Waals surface area contributed by atoms with E-state index in [0.29, 0.717) is 25.6 Å². The number of amides is 1. The zero-order valence-electron chi connectivity index (χ0n) is 20.5. The fraction of sp³-hybridized carbons (Fsp3) is 0.423. The number of H-pyrrole nitrogens is 1. The van der Waals surface area contributed by atoms with Crippen molar-refractivity contribution in [3.8, 4) is 11.3 Å². The van der Waals surface area contributed by atoms with Crippen LogP contribution in [0, 0.1) is 13.8 Å². The van der Waals surface area contributed by atoms with Crippen molar-refractivity contribution in [2.24, 2.45) is 0 Å². The number of hydrogen-bond donors (Lipinski definition) is 2. The summed E-state index contributed by atoms with van der Waals surface area (Å²) in [4.78, 5) is 22.1. The van der Waals surface area contributed by atoms with Crippen LogP contribution >= 0.6 is 0 Å². The Morgan fingerprint density at radius 2 is 2.12 bits per heavy atom. The molecule has 0 spiro atoms. The van der Waals surface area contributed by atoms with E-state index in [-0.39, 0.29) is 12.0 Å². The summed E-state index contributed by atoms with van der Waals surface area (Å²) in [5.74, 6) is 0.352. The van der Waals surface area contributed by atoms with Crippen molar-refractivity contribution >= 4 is 22.5 Å². The van der Waals surface area contributed by atoms with Gasteiger partial charge >= 0.3 is 0 Å². The summed E-state index contributed by atoms with van der Waals surface area (Å²) < 4.78 is 7.98. The van der Waals surface area contributed by atoms with Crippen LogP contribution in [0.3, 0.4) is 0 Å². The molecule has 1 aliphatic rings. The molecule has 1 aromatic carbocycles. The molecule has 1 amide bonds. The average Bonchev–Trinajstić information content (AvgIpc) is 3.45. The van der Waals surface area contributed by atoms with Crippen LogP contribution in [0.2, 0.25) is 0 Å². The Labute approximate surface area is 199 Å². The number of carbonyl (C=O) groups excluding carboxylic acids is 1. The third-order valence-electron chi connectivity index (χ3n) is 7.00. The Morgan fingerprint density at radius 1 is 1.29 bits per heavy atom. The Morgan fingerprint density at radius 3 is 2.88 bits per heavy atom. The van der Waals surface area contributed by atoms with Crippen molar-refractivity contribution in [3.63, 3.8) is 0 Å². The molecule has 5 rings (SSSR count). The zero-order chi connectivity index (χ0) is 24.0. The van der Waals surface area contributed by atoms with E-state index in [4.69, 9.17) is 4.74 Å². The Balaban J connectivity index is 1.57. The molecule has 1 atom stereocenters. The van der Waals surface area contributed by atoms with Crippen molar-refractivity contribution < 1.29 is 9.53 Å². The van der Waals surface area contributed by atoms with Crippen LogP contribution < -0.4 is 5.32 Å². The molecule has 34 heavy (non-hydrogen) atoms. The third-order valence-corrected chi connectivity index (χ3v) is 7.00. The lowest BCUT2D eigenvalue weighted by Gasteiger charge is -2.32. The molecule has 178 valence electrons. The van der Waals surface area contributed by atoms with Gasteiger partial charge in [0.1, 0.15) is 6.33 Å². The second-order valence-corrected chi connectivity index (χ2v) is 9.46. The van der Waals surface area contributed by atoms with Gasteiger partial charge in [-0.1, -0.05) is 19.9 Å². The van der Waals surface area contributed by atoms with Gasteiger partial charge in [-0.05, 0) is 54.2 Å². The van der Waals surface area contributed by atoms with Gasteiger partial charge in [-0.3, -0.25) is 9.69 Å². The molecule has 0 bridgehead atoms. The number of benzene rings is 1. The fourth-order valence-electron chi connectivity index (χ4n) is 5.03. The standard InChI is InChI=1S/C26H32N6O2/c1-15(2)24-19-10-18(22-12-31(8-9-34-22)13-23(33)27-5)6-7-21(19)30-25(24)20-11-32-26(28-14-29-32)17(4)16(20)3/h6-7,10-11,14-15,22,30H,8-9,12-13H2,1-5H3,(H,27,33). The topological polar surface area (TPSA) is 87.6 Å². The molecule has 0 saturated carbocycles. The first-order chi connectivity index (χ1) is 16.4. The van der Waals surface area contributed by atoms with Gasteiger partial charge < -0.3 is 15.0 Å². The number of pyridine rings is 1. The third kappa shape index (κ3) is 3.86. The van der Waals surface area contributed by atoms with Gasteiger partial charge in [0.2, 0.25) is 5.91 Å². The number of carbonyl (C=O) groups is 1.